The Morgan fingerprint density at radius 3 is 2.89 bits per heavy atom. The fourth-order valence-electron chi connectivity index (χ4n) is 1.69. The monoisotopic (exact) mass is 263 g/mol. The average molecular weight is 263 g/mol. The predicted octanol–water partition coefficient (Wildman–Crippen LogP) is 2.39. The molecule has 0 N–H and O–H groups in total. The van der Waals surface area contributed by atoms with Crippen LogP contribution in [0.4, 0.5) is 4.39 Å². The van der Waals surface area contributed by atoms with Crippen LogP contribution in [0.2, 0.25) is 0 Å². The van der Waals surface area contributed by atoms with Gasteiger partial charge in [-0.3, -0.25) is 4.79 Å². The van der Waals surface area contributed by atoms with Gasteiger partial charge in [-0.15, -0.1) is 0 Å². The van der Waals surface area contributed by atoms with Crippen LogP contribution in [0.1, 0.15) is 36.1 Å². The van der Waals surface area contributed by atoms with E-state index in [0.717, 1.165) is 6.07 Å². The van der Waals surface area contributed by atoms with E-state index in [-0.39, 0.29) is 18.2 Å². The van der Waals surface area contributed by atoms with Crippen molar-refractivity contribution in [2.75, 3.05) is 0 Å². The minimum atomic E-state index is -0.509. The number of nitrogens with zero attached hydrogens (tertiary/aromatic N) is 3. The maximum atomic E-state index is 13.2. The number of hydrogen-bond acceptors (Lipinski definition) is 4. The molecule has 19 heavy (non-hydrogen) atoms. The molecule has 0 amide bonds. The van der Waals surface area contributed by atoms with Crippen LogP contribution in [-0.4, -0.2) is 21.1 Å². The molecular formula is C13H14FN3O2. The average Bonchev–Trinajstić information content (AvgIpc) is 2.84. The lowest BCUT2D eigenvalue weighted by molar-refractivity contribution is 0.112. The molecule has 0 unspecified atom stereocenters. The third-order valence-electron chi connectivity index (χ3n) is 2.53. The van der Waals surface area contributed by atoms with Crippen LogP contribution in [0.15, 0.2) is 24.5 Å². The summed E-state index contributed by atoms with van der Waals surface area (Å²) in [5, 5.41) is 4.07. The summed E-state index contributed by atoms with van der Waals surface area (Å²) in [6, 6.07) is 4.02. The fourth-order valence-corrected chi connectivity index (χ4v) is 1.69. The third kappa shape index (κ3) is 3.15. The van der Waals surface area contributed by atoms with Crippen LogP contribution in [0.3, 0.4) is 0 Å². The van der Waals surface area contributed by atoms with E-state index >= 15 is 0 Å². The number of carbonyl (C=O) groups is 1. The molecule has 0 atom stereocenters. The van der Waals surface area contributed by atoms with Gasteiger partial charge in [-0.25, -0.2) is 14.1 Å². The van der Waals surface area contributed by atoms with Crippen molar-refractivity contribution >= 4 is 6.29 Å². The topological polar surface area (TPSA) is 57.0 Å². The van der Waals surface area contributed by atoms with Gasteiger partial charge in [0.1, 0.15) is 30.8 Å². The van der Waals surface area contributed by atoms with E-state index in [1.165, 1.54) is 18.5 Å². The SMILES string of the molecule is CC(C)n1ncnc1COc1cc(F)cc(C=O)c1. The Hall–Kier alpha value is -2.24. The molecule has 0 aliphatic rings. The highest BCUT2D eigenvalue weighted by atomic mass is 19.1. The van der Waals surface area contributed by atoms with Crippen LogP contribution < -0.4 is 4.74 Å². The lowest BCUT2D eigenvalue weighted by atomic mass is 10.2. The summed E-state index contributed by atoms with van der Waals surface area (Å²) < 4.78 is 20.4. The van der Waals surface area contributed by atoms with Crippen LogP contribution in [0.25, 0.3) is 0 Å². The second-order valence-electron chi connectivity index (χ2n) is 4.34. The Bertz CT molecular complexity index is 581. The molecule has 0 saturated carbocycles. The van der Waals surface area contributed by atoms with Gasteiger partial charge in [0.2, 0.25) is 0 Å². The van der Waals surface area contributed by atoms with Gasteiger partial charge in [-0.05, 0) is 26.0 Å². The Kier molecular flexibility index (Phi) is 3.89. The molecule has 0 spiro atoms. The van der Waals surface area contributed by atoms with Crippen LogP contribution in [-0.2, 0) is 6.61 Å². The summed E-state index contributed by atoms with van der Waals surface area (Å²) >= 11 is 0. The highest BCUT2D eigenvalue weighted by molar-refractivity contribution is 5.75. The molecule has 2 rings (SSSR count). The molecule has 0 aliphatic heterocycles. The van der Waals surface area contributed by atoms with E-state index in [4.69, 9.17) is 4.74 Å². The number of benzene rings is 1. The van der Waals surface area contributed by atoms with Crippen molar-refractivity contribution in [1.82, 2.24) is 14.8 Å². The van der Waals surface area contributed by atoms with Crippen molar-refractivity contribution in [1.29, 1.82) is 0 Å². The molecule has 2 aromatic rings. The summed E-state index contributed by atoms with van der Waals surface area (Å²) in [7, 11) is 0. The summed E-state index contributed by atoms with van der Waals surface area (Å²) in [5.74, 6) is 0.428. The molecule has 1 heterocycles. The zero-order valence-electron chi connectivity index (χ0n) is 10.7. The first-order chi connectivity index (χ1) is 9.10. The normalized spacial score (nSPS) is 10.7. The molecule has 1 aromatic carbocycles. The fraction of sp³-hybridized carbons (Fsp3) is 0.308. The van der Waals surface area contributed by atoms with Crippen LogP contribution in [0, 0.1) is 5.82 Å². The molecule has 1 aromatic heterocycles. The molecule has 0 fully saturated rings. The molecule has 6 heteroatoms. The Labute approximate surface area is 110 Å². The summed E-state index contributed by atoms with van der Waals surface area (Å²) in [6.45, 7) is 4.12. The number of carbonyl (C=O) groups excluding carboxylic acids is 1. The lowest BCUT2D eigenvalue weighted by Crippen LogP contribution is -2.10. The standard InChI is InChI=1S/C13H14FN3O2/c1-9(2)17-13(15-8-16-17)7-19-12-4-10(6-18)3-11(14)5-12/h3-6,8-9H,7H2,1-2H3. The first-order valence-electron chi connectivity index (χ1n) is 5.87. The zero-order chi connectivity index (χ0) is 13.8. The minimum Gasteiger partial charge on any atom is -0.485 e. The molecule has 0 radical (unpaired) electrons. The first kappa shape index (κ1) is 13.2. The molecule has 0 saturated heterocycles. The van der Waals surface area contributed by atoms with Crippen molar-refractivity contribution < 1.29 is 13.9 Å². The Morgan fingerprint density at radius 1 is 1.42 bits per heavy atom. The van der Waals surface area contributed by atoms with Crippen molar-refractivity contribution in [3.05, 3.63) is 41.7 Å². The summed E-state index contributed by atoms with van der Waals surface area (Å²) in [4.78, 5) is 14.7. The van der Waals surface area contributed by atoms with E-state index in [9.17, 15) is 9.18 Å². The van der Waals surface area contributed by atoms with E-state index in [0.29, 0.717) is 17.9 Å². The maximum absolute atomic E-state index is 13.2. The van der Waals surface area contributed by atoms with Crippen molar-refractivity contribution in [3.63, 3.8) is 0 Å². The number of ether oxygens (including phenoxy) is 1. The van der Waals surface area contributed by atoms with Gasteiger partial charge in [-0.2, -0.15) is 5.10 Å². The maximum Gasteiger partial charge on any atom is 0.165 e. The smallest absolute Gasteiger partial charge is 0.165 e. The van der Waals surface area contributed by atoms with Gasteiger partial charge in [0.25, 0.3) is 0 Å². The van der Waals surface area contributed by atoms with Gasteiger partial charge in [0, 0.05) is 17.7 Å². The van der Waals surface area contributed by atoms with Crippen LogP contribution >= 0.6 is 0 Å². The molecule has 100 valence electrons. The van der Waals surface area contributed by atoms with E-state index < -0.39 is 5.82 Å². The van der Waals surface area contributed by atoms with Gasteiger partial charge in [0.15, 0.2) is 5.82 Å². The number of hydrogen-bond donors (Lipinski definition) is 0. The van der Waals surface area contributed by atoms with Crippen molar-refractivity contribution in [2.24, 2.45) is 0 Å². The second-order valence-corrected chi connectivity index (χ2v) is 4.34. The number of aldehydes is 1. The Morgan fingerprint density at radius 2 is 2.21 bits per heavy atom. The number of rotatable bonds is 5. The van der Waals surface area contributed by atoms with Crippen molar-refractivity contribution in [2.45, 2.75) is 26.5 Å². The lowest BCUT2D eigenvalue weighted by Gasteiger charge is -2.10. The number of aromatic nitrogens is 3. The quantitative estimate of drug-likeness (QED) is 0.777. The Balaban J connectivity index is 2.12. The van der Waals surface area contributed by atoms with E-state index in [1.807, 2.05) is 13.8 Å². The number of halogens is 1. The van der Waals surface area contributed by atoms with E-state index in [1.54, 1.807) is 4.68 Å². The van der Waals surface area contributed by atoms with Gasteiger partial charge in [-0.1, -0.05) is 0 Å². The third-order valence-corrected chi connectivity index (χ3v) is 2.53. The highest BCUT2D eigenvalue weighted by Crippen LogP contribution is 2.17. The molecule has 5 nitrogen and oxygen atoms in total. The summed E-state index contributed by atoms with van der Waals surface area (Å²) in [6.07, 6.45) is 2.02. The summed E-state index contributed by atoms with van der Waals surface area (Å²) in [5.41, 5.74) is 0.236. The molecule has 0 aliphatic carbocycles. The second kappa shape index (κ2) is 5.60. The van der Waals surface area contributed by atoms with Crippen LogP contribution in [0.5, 0.6) is 5.75 Å². The minimum absolute atomic E-state index is 0.166. The zero-order valence-corrected chi connectivity index (χ0v) is 10.7. The molecule has 0 bridgehead atoms. The van der Waals surface area contributed by atoms with E-state index in [2.05, 4.69) is 10.1 Å². The van der Waals surface area contributed by atoms with Gasteiger partial charge >= 0.3 is 0 Å². The van der Waals surface area contributed by atoms with Gasteiger partial charge in [0.05, 0.1) is 0 Å². The first-order valence-corrected chi connectivity index (χ1v) is 5.87. The highest BCUT2D eigenvalue weighted by Gasteiger charge is 2.09. The van der Waals surface area contributed by atoms with Gasteiger partial charge < -0.3 is 4.74 Å². The molecular weight excluding hydrogens is 249 g/mol. The predicted molar refractivity (Wildman–Crippen MR) is 66.5 cm³/mol. The van der Waals surface area contributed by atoms with Crippen molar-refractivity contribution in [3.8, 4) is 5.75 Å². The largest absolute Gasteiger partial charge is 0.485 e.